The predicted molar refractivity (Wildman–Crippen MR) is 84.7 cm³/mol. The van der Waals surface area contributed by atoms with E-state index in [1.165, 1.54) is 24.8 Å². The molecule has 0 unspecified atom stereocenters. The van der Waals surface area contributed by atoms with Crippen LogP contribution in [0, 0.1) is 0 Å². The summed E-state index contributed by atoms with van der Waals surface area (Å²) in [6.07, 6.45) is 7.32. The van der Waals surface area contributed by atoms with Gasteiger partial charge in [0, 0.05) is 25.9 Å². The van der Waals surface area contributed by atoms with Crippen molar-refractivity contribution in [2.45, 2.75) is 50.7 Å². The van der Waals surface area contributed by atoms with E-state index in [4.69, 9.17) is 9.47 Å². The number of ether oxygens (including phenoxy) is 2. The fraction of sp³-hybridized carbons (Fsp3) is 0.667. The Balaban J connectivity index is 1.30. The normalized spacial score (nSPS) is 23.0. The minimum Gasteiger partial charge on any atom is -0.381 e. The van der Waals surface area contributed by atoms with Gasteiger partial charge in [-0.3, -0.25) is 0 Å². The summed E-state index contributed by atoms with van der Waals surface area (Å²) in [5.41, 5.74) is 3.07. The van der Waals surface area contributed by atoms with Gasteiger partial charge < -0.3 is 14.8 Å². The van der Waals surface area contributed by atoms with E-state index in [0.29, 0.717) is 12.1 Å². The van der Waals surface area contributed by atoms with E-state index in [-0.39, 0.29) is 0 Å². The molecule has 0 amide bonds. The van der Waals surface area contributed by atoms with Gasteiger partial charge in [0.15, 0.2) is 0 Å². The minimum absolute atomic E-state index is 0.431. The third-order valence-electron chi connectivity index (χ3n) is 4.62. The molecule has 1 aliphatic heterocycles. The minimum atomic E-state index is 0.431. The number of rotatable bonds is 6. The van der Waals surface area contributed by atoms with E-state index in [1.54, 1.807) is 5.56 Å². The Hall–Kier alpha value is -0.900. The molecule has 0 aromatic heterocycles. The van der Waals surface area contributed by atoms with Crippen molar-refractivity contribution in [2.75, 3.05) is 26.4 Å². The molecule has 1 fully saturated rings. The van der Waals surface area contributed by atoms with Crippen molar-refractivity contribution in [3.8, 4) is 0 Å². The summed E-state index contributed by atoms with van der Waals surface area (Å²) in [5.74, 6) is 0. The lowest BCUT2D eigenvalue weighted by molar-refractivity contribution is -0.0322. The molecule has 1 atom stereocenters. The second kappa shape index (κ2) is 7.92. The molecule has 116 valence electrons. The van der Waals surface area contributed by atoms with Crippen molar-refractivity contribution in [2.24, 2.45) is 0 Å². The maximum atomic E-state index is 5.91. The first-order chi connectivity index (χ1) is 10.4. The molecule has 21 heavy (non-hydrogen) atoms. The van der Waals surface area contributed by atoms with Gasteiger partial charge in [0.1, 0.15) is 0 Å². The Bertz CT molecular complexity index is 429. The van der Waals surface area contributed by atoms with Gasteiger partial charge in [-0.05, 0) is 56.2 Å². The number of hydrogen-bond donors (Lipinski definition) is 1. The Labute approximate surface area is 128 Å². The average Bonchev–Trinajstić information content (AvgIpc) is 2.55. The van der Waals surface area contributed by atoms with Crippen molar-refractivity contribution in [1.82, 2.24) is 5.32 Å². The van der Waals surface area contributed by atoms with Crippen LogP contribution in [0.2, 0.25) is 0 Å². The first-order valence-corrected chi connectivity index (χ1v) is 8.41. The lowest BCUT2D eigenvalue weighted by Crippen LogP contribution is -2.35. The van der Waals surface area contributed by atoms with Crippen LogP contribution in [0.1, 0.15) is 36.8 Å². The van der Waals surface area contributed by atoms with Gasteiger partial charge in [0.2, 0.25) is 0 Å². The van der Waals surface area contributed by atoms with Crippen LogP contribution in [0.4, 0.5) is 0 Å². The summed E-state index contributed by atoms with van der Waals surface area (Å²) in [5, 5.41) is 3.70. The van der Waals surface area contributed by atoms with Gasteiger partial charge in [-0.1, -0.05) is 24.3 Å². The summed E-state index contributed by atoms with van der Waals surface area (Å²) in [6.45, 7) is 3.67. The molecule has 1 saturated heterocycles. The Morgan fingerprint density at radius 3 is 2.76 bits per heavy atom. The van der Waals surface area contributed by atoms with Crippen LogP contribution in [0.15, 0.2) is 24.3 Å². The van der Waals surface area contributed by atoms with Crippen LogP contribution in [0.5, 0.6) is 0 Å². The molecule has 0 bridgehead atoms. The summed E-state index contributed by atoms with van der Waals surface area (Å²) in [6, 6.07) is 9.50. The molecule has 1 N–H and O–H groups in total. The topological polar surface area (TPSA) is 30.5 Å². The van der Waals surface area contributed by atoms with Gasteiger partial charge in [-0.15, -0.1) is 0 Å². The molecule has 0 saturated carbocycles. The second-order valence-electron chi connectivity index (χ2n) is 6.20. The predicted octanol–water partition coefficient (Wildman–Crippen LogP) is 2.72. The molecule has 0 radical (unpaired) electrons. The van der Waals surface area contributed by atoms with Gasteiger partial charge >= 0.3 is 0 Å². The van der Waals surface area contributed by atoms with E-state index in [1.807, 2.05) is 0 Å². The highest BCUT2D eigenvalue weighted by Gasteiger charge is 2.17. The van der Waals surface area contributed by atoms with Gasteiger partial charge in [-0.25, -0.2) is 0 Å². The van der Waals surface area contributed by atoms with Crippen molar-refractivity contribution in [3.05, 3.63) is 35.4 Å². The zero-order valence-corrected chi connectivity index (χ0v) is 12.9. The lowest BCUT2D eigenvalue weighted by Gasteiger charge is -2.26. The molecular weight excluding hydrogens is 262 g/mol. The van der Waals surface area contributed by atoms with E-state index < -0.39 is 0 Å². The third kappa shape index (κ3) is 4.53. The number of aryl methyl sites for hydroxylation is 1. The number of hydrogen-bond acceptors (Lipinski definition) is 3. The molecule has 1 aromatic carbocycles. The standard InChI is InChI=1S/C18H27NO2/c1-2-5-16-14-17(7-6-15(16)4-1)19-10-3-11-21-18-8-12-20-13-9-18/h1-2,4-5,17-19H,3,6-14H2/t17-/m1/s1. The quantitative estimate of drug-likeness (QED) is 0.817. The van der Waals surface area contributed by atoms with Crippen molar-refractivity contribution in [1.29, 1.82) is 0 Å². The highest BCUT2D eigenvalue weighted by Crippen LogP contribution is 2.20. The first-order valence-electron chi connectivity index (χ1n) is 8.41. The molecule has 1 aliphatic carbocycles. The van der Waals surface area contributed by atoms with Crippen LogP contribution < -0.4 is 5.32 Å². The summed E-state index contributed by atoms with van der Waals surface area (Å²) in [4.78, 5) is 0. The molecule has 3 nitrogen and oxygen atoms in total. The number of fused-ring (bicyclic) bond motifs is 1. The van der Waals surface area contributed by atoms with Crippen LogP contribution in [-0.4, -0.2) is 38.5 Å². The van der Waals surface area contributed by atoms with Crippen LogP contribution in [-0.2, 0) is 22.3 Å². The highest BCUT2D eigenvalue weighted by molar-refractivity contribution is 5.30. The van der Waals surface area contributed by atoms with Crippen LogP contribution in [0.25, 0.3) is 0 Å². The zero-order chi connectivity index (χ0) is 14.3. The first kappa shape index (κ1) is 15.0. The maximum absolute atomic E-state index is 5.91. The van der Waals surface area contributed by atoms with E-state index in [2.05, 4.69) is 29.6 Å². The maximum Gasteiger partial charge on any atom is 0.0619 e. The molecular formula is C18H27NO2. The Kier molecular flexibility index (Phi) is 5.67. The van der Waals surface area contributed by atoms with E-state index >= 15 is 0 Å². The van der Waals surface area contributed by atoms with E-state index in [9.17, 15) is 0 Å². The number of benzene rings is 1. The summed E-state index contributed by atoms with van der Waals surface area (Å²) >= 11 is 0. The van der Waals surface area contributed by atoms with Crippen molar-refractivity contribution in [3.63, 3.8) is 0 Å². The van der Waals surface area contributed by atoms with Crippen molar-refractivity contribution < 1.29 is 9.47 Å². The van der Waals surface area contributed by atoms with E-state index in [0.717, 1.165) is 45.6 Å². The monoisotopic (exact) mass is 289 g/mol. The largest absolute Gasteiger partial charge is 0.381 e. The van der Waals surface area contributed by atoms with Crippen LogP contribution >= 0.6 is 0 Å². The SMILES string of the molecule is c1ccc2c(c1)CC[C@@H](NCCCOC1CCOCC1)C2. The van der Waals surface area contributed by atoms with Crippen molar-refractivity contribution >= 4 is 0 Å². The molecule has 1 heterocycles. The molecule has 2 aliphatic rings. The Morgan fingerprint density at radius 1 is 1.10 bits per heavy atom. The molecule has 3 rings (SSSR count). The van der Waals surface area contributed by atoms with Crippen LogP contribution in [0.3, 0.4) is 0 Å². The fourth-order valence-corrected chi connectivity index (χ4v) is 3.34. The second-order valence-corrected chi connectivity index (χ2v) is 6.20. The highest BCUT2D eigenvalue weighted by atomic mass is 16.5. The Morgan fingerprint density at radius 2 is 1.90 bits per heavy atom. The molecule has 1 aromatic rings. The molecule has 3 heteroatoms. The summed E-state index contributed by atoms with van der Waals surface area (Å²) < 4.78 is 11.3. The fourth-order valence-electron chi connectivity index (χ4n) is 3.34. The van der Waals surface area contributed by atoms with Gasteiger partial charge in [-0.2, -0.15) is 0 Å². The molecule has 0 spiro atoms. The third-order valence-corrected chi connectivity index (χ3v) is 4.62. The summed E-state index contributed by atoms with van der Waals surface area (Å²) in [7, 11) is 0. The lowest BCUT2D eigenvalue weighted by atomic mass is 9.88. The van der Waals surface area contributed by atoms with Gasteiger partial charge in [0.25, 0.3) is 0 Å². The van der Waals surface area contributed by atoms with Gasteiger partial charge in [0.05, 0.1) is 6.10 Å². The average molecular weight is 289 g/mol. The smallest absolute Gasteiger partial charge is 0.0619 e. The zero-order valence-electron chi connectivity index (χ0n) is 12.9. The number of nitrogens with one attached hydrogen (secondary N) is 1.